The van der Waals surface area contributed by atoms with Crippen molar-refractivity contribution in [2.24, 2.45) is 0 Å². The van der Waals surface area contributed by atoms with E-state index in [0.29, 0.717) is 17.0 Å². The molecule has 0 unspecified atom stereocenters. The Morgan fingerprint density at radius 1 is 1.36 bits per heavy atom. The Labute approximate surface area is 170 Å². The predicted molar refractivity (Wildman–Crippen MR) is 111 cm³/mol. The van der Waals surface area contributed by atoms with Crippen LogP contribution in [0.15, 0.2) is 30.8 Å². The number of benzene rings is 2. The van der Waals surface area contributed by atoms with Gasteiger partial charge in [0.1, 0.15) is 5.75 Å². The van der Waals surface area contributed by atoms with Crippen LogP contribution >= 0.6 is 11.6 Å². The summed E-state index contributed by atoms with van der Waals surface area (Å²) < 4.78 is 20.2. The highest BCUT2D eigenvalue weighted by atomic mass is 35.5. The SMILES string of the molecule is C=Cc1c(F)c(OCC(=O)N(C)C)cc(Cl)c1Cc1ccc(O)c(C(C)C)c1. The predicted octanol–water partition coefficient (Wildman–Crippen LogP) is 5.01. The molecule has 2 rings (SSSR count). The van der Waals surface area contributed by atoms with Crippen LogP contribution in [0, 0.1) is 5.82 Å². The lowest BCUT2D eigenvalue weighted by molar-refractivity contribution is -0.130. The zero-order valence-electron chi connectivity index (χ0n) is 16.6. The van der Waals surface area contributed by atoms with Crippen molar-refractivity contribution in [1.82, 2.24) is 4.90 Å². The number of likely N-dealkylation sites (N-methyl/N-ethyl adjacent to an activating group) is 1. The summed E-state index contributed by atoms with van der Waals surface area (Å²) in [6.07, 6.45) is 1.76. The minimum Gasteiger partial charge on any atom is -0.508 e. The first-order valence-corrected chi connectivity index (χ1v) is 9.31. The number of hydrogen-bond donors (Lipinski definition) is 1. The monoisotopic (exact) mass is 405 g/mol. The highest BCUT2D eigenvalue weighted by Gasteiger charge is 2.19. The normalized spacial score (nSPS) is 10.8. The third kappa shape index (κ3) is 4.84. The fraction of sp³-hybridized carbons (Fsp3) is 0.318. The number of carbonyl (C=O) groups excluding carboxylic acids is 1. The minimum absolute atomic E-state index is 0.0903. The molecule has 0 aliphatic carbocycles. The highest BCUT2D eigenvalue weighted by Crippen LogP contribution is 2.34. The Hall–Kier alpha value is -2.53. The molecular formula is C22H25ClFNO3. The van der Waals surface area contributed by atoms with Crippen molar-refractivity contribution >= 4 is 23.6 Å². The maximum atomic E-state index is 14.9. The van der Waals surface area contributed by atoms with Gasteiger partial charge >= 0.3 is 0 Å². The molecule has 1 N–H and O–H groups in total. The van der Waals surface area contributed by atoms with E-state index in [-0.39, 0.29) is 35.5 Å². The van der Waals surface area contributed by atoms with E-state index in [9.17, 15) is 14.3 Å². The average Bonchev–Trinajstić information content (AvgIpc) is 2.64. The summed E-state index contributed by atoms with van der Waals surface area (Å²) in [4.78, 5) is 13.1. The molecule has 0 spiro atoms. The van der Waals surface area contributed by atoms with E-state index < -0.39 is 5.82 Å². The molecule has 2 aromatic rings. The number of amides is 1. The van der Waals surface area contributed by atoms with E-state index >= 15 is 0 Å². The second-order valence-electron chi connectivity index (χ2n) is 7.07. The number of ether oxygens (including phenoxy) is 1. The lowest BCUT2D eigenvalue weighted by Crippen LogP contribution is -2.27. The van der Waals surface area contributed by atoms with Crippen LogP contribution in [0.25, 0.3) is 6.08 Å². The van der Waals surface area contributed by atoms with Crippen molar-refractivity contribution in [3.05, 3.63) is 63.9 Å². The summed E-state index contributed by atoms with van der Waals surface area (Å²) in [5.74, 6) is -0.605. The van der Waals surface area contributed by atoms with Gasteiger partial charge in [-0.05, 0) is 35.1 Å². The Kier molecular flexibility index (Phi) is 7.08. The zero-order valence-corrected chi connectivity index (χ0v) is 17.3. The van der Waals surface area contributed by atoms with Gasteiger partial charge in [-0.3, -0.25) is 4.79 Å². The van der Waals surface area contributed by atoms with Gasteiger partial charge in [0.05, 0.1) is 0 Å². The van der Waals surface area contributed by atoms with Crippen LogP contribution in [-0.4, -0.2) is 36.6 Å². The molecule has 0 aromatic heterocycles. The highest BCUT2D eigenvalue weighted by molar-refractivity contribution is 6.31. The van der Waals surface area contributed by atoms with Crippen molar-refractivity contribution in [2.45, 2.75) is 26.2 Å². The fourth-order valence-corrected chi connectivity index (χ4v) is 3.07. The van der Waals surface area contributed by atoms with Crippen LogP contribution in [0.4, 0.5) is 4.39 Å². The number of phenols is 1. The first kappa shape index (κ1) is 21.8. The maximum absolute atomic E-state index is 14.9. The Morgan fingerprint density at radius 3 is 2.61 bits per heavy atom. The van der Waals surface area contributed by atoms with Gasteiger partial charge in [0, 0.05) is 30.7 Å². The van der Waals surface area contributed by atoms with Gasteiger partial charge in [-0.2, -0.15) is 0 Å². The molecule has 0 saturated carbocycles. The van der Waals surface area contributed by atoms with E-state index in [1.54, 1.807) is 26.2 Å². The van der Waals surface area contributed by atoms with Crippen LogP contribution in [-0.2, 0) is 11.2 Å². The third-order valence-corrected chi connectivity index (χ3v) is 4.81. The fourth-order valence-electron chi connectivity index (χ4n) is 2.81. The van der Waals surface area contributed by atoms with Gasteiger partial charge in [0.25, 0.3) is 5.91 Å². The number of carbonyl (C=O) groups is 1. The number of phenolic OH excluding ortho intramolecular Hbond substituents is 1. The molecule has 0 aliphatic heterocycles. The molecule has 1 amide bonds. The molecule has 28 heavy (non-hydrogen) atoms. The molecule has 0 saturated heterocycles. The summed E-state index contributed by atoms with van der Waals surface area (Å²) in [5.41, 5.74) is 2.51. The largest absolute Gasteiger partial charge is 0.508 e. The maximum Gasteiger partial charge on any atom is 0.259 e. The molecule has 0 radical (unpaired) electrons. The molecule has 0 bridgehead atoms. The number of aromatic hydroxyl groups is 1. The van der Waals surface area contributed by atoms with Gasteiger partial charge in [0.15, 0.2) is 18.2 Å². The minimum atomic E-state index is -0.608. The van der Waals surface area contributed by atoms with Crippen molar-refractivity contribution in [3.8, 4) is 11.5 Å². The first-order chi connectivity index (χ1) is 13.1. The van der Waals surface area contributed by atoms with E-state index in [4.69, 9.17) is 16.3 Å². The van der Waals surface area contributed by atoms with Gasteiger partial charge < -0.3 is 14.7 Å². The van der Waals surface area contributed by atoms with Crippen LogP contribution in [0.5, 0.6) is 11.5 Å². The van der Waals surface area contributed by atoms with Gasteiger partial charge in [-0.15, -0.1) is 0 Å². The molecule has 0 fully saturated rings. The quantitative estimate of drug-likeness (QED) is 0.704. The molecule has 0 aliphatic rings. The number of hydrogen-bond acceptors (Lipinski definition) is 3. The van der Waals surface area contributed by atoms with Gasteiger partial charge in [-0.1, -0.05) is 50.2 Å². The van der Waals surface area contributed by atoms with E-state index in [2.05, 4.69) is 6.58 Å². The lowest BCUT2D eigenvalue weighted by atomic mass is 9.94. The summed E-state index contributed by atoms with van der Waals surface area (Å²) in [7, 11) is 3.19. The van der Waals surface area contributed by atoms with E-state index in [0.717, 1.165) is 11.1 Å². The van der Waals surface area contributed by atoms with Crippen LogP contribution in [0.3, 0.4) is 0 Å². The van der Waals surface area contributed by atoms with Crippen molar-refractivity contribution in [2.75, 3.05) is 20.7 Å². The molecule has 0 heterocycles. The van der Waals surface area contributed by atoms with Gasteiger partial charge in [0.2, 0.25) is 0 Å². The third-order valence-electron chi connectivity index (χ3n) is 4.47. The second-order valence-corrected chi connectivity index (χ2v) is 7.48. The Bertz CT molecular complexity index is 894. The van der Waals surface area contributed by atoms with Crippen molar-refractivity contribution < 1.29 is 19.0 Å². The van der Waals surface area contributed by atoms with Crippen LogP contribution < -0.4 is 4.74 Å². The van der Waals surface area contributed by atoms with Crippen LogP contribution in [0.1, 0.15) is 42.0 Å². The summed E-state index contributed by atoms with van der Waals surface area (Å²) in [6.45, 7) is 7.38. The average molecular weight is 406 g/mol. The smallest absolute Gasteiger partial charge is 0.259 e. The number of nitrogens with zero attached hydrogens (tertiary/aromatic N) is 1. The van der Waals surface area contributed by atoms with E-state index in [1.807, 2.05) is 19.9 Å². The topological polar surface area (TPSA) is 49.8 Å². The second kappa shape index (κ2) is 9.11. The molecule has 2 aromatic carbocycles. The number of halogens is 2. The lowest BCUT2D eigenvalue weighted by Gasteiger charge is -2.17. The van der Waals surface area contributed by atoms with E-state index in [1.165, 1.54) is 17.0 Å². The zero-order chi connectivity index (χ0) is 21.0. The summed E-state index contributed by atoms with van der Waals surface area (Å²) >= 11 is 6.41. The summed E-state index contributed by atoms with van der Waals surface area (Å²) in [6, 6.07) is 6.68. The summed E-state index contributed by atoms with van der Waals surface area (Å²) in [5, 5.41) is 10.3. The van der Waals surface area contributed by atoms with Crippen molar-refractivity contribution in [1.29, 1.82) is 0 Å². The molecule has 150 valence electrons. The molecule has 0 atom stereocenters. The molecular weight excluding hydrogens is 381 g/mol. The Balaban J connectivity index is 2.38. The van der Waals surface area contributed by atoms with Gasteiger partial charge in [-0.25, -0.2) is 4.39 Å². The van der Waals surface area contributed by atoms with Crippen LogP contribution in [0.2, 0.25) is 5.02 Å². The molecule has 6 heteroatoms. The number of rotatable bonds is 7. The standard InChI is InChI=1S/C22H25ClFNO3/c1-6-15-17(10-14-7-8-19(26)16(9-14)13(2)3)18(23)11-20(22(15)24)28-12-21(27)25(4)5/h6-9,11,13,26H,1,10,12H2,2-5H3. The van der Waals surface area contributed by atoms with Crippen molar-refractivity contribution in [3.63, 3.8) is 0 Å². The molecule has 4 nitrogen and oxygen atoms in total. The first-order valence-electron chi connectivity index (χ1n) is 8.93. The Morgan fingerprint density at radius 2 is 2.04 bits per heavy atom.